The Bertz CT molecular complexity index is 232. The average Bonchev–Trinajstić information content (AvgIpc) is 2.28. The van der Waals surface area contributed by atoms with Crippen molar-refractivity contribution < 1.29 is 9.53 Å². The first-order valence-corrected chi connectivity index (χ1v) is 6.97. The summed E-state index contributed by atoms with van der Waals surface area (Å²) in [5.74, 6) is 0.506. The highest BCUT2D eigenvalue weighted by Gasteiger charge is 2.20. The molecule has 0 aliphatic carbocycles. The minimum Gasteiger partial charge on any atom is -0.383 e. The van der Waals surface area contributed by atoms with Crippen molar-refractivity contribution in [1.82, 2.24) is 10.6 Å². The third-order valence-electron chi connectivity index (χ3n) is 3.12. The van der Waals surface area contributed by atoms with E-state index in [1.54, 1.807) is 7.11 Å². The van der Waals surface area contributed by atoms with Crippen molar-refractivity contribution in [3.05, 3.63) is 0 Å². The lowest BCUT2D eigenvalue weighted by molar-refractivity contribution is -0.123. The van der Waals surface area contributed by atoms with Gasteiger partial charge in [0, 0.05) is 19.2 Å². The van der Waals surface area contributed by atoms with Crippen molar-refractivity contribution in [1.29, 1.82) is 0 Å². The lowest BCUT2D eigenvalue weighted by Gasteiger charge is -2.26. The first-order valence-electron chi connectivity index (χ1n) is 6.97. The second kappa shape index (κ2) is 9.34. The minimum absolute atomic E-state index is 0.0673. The molecule has 0 spiro atoms. The molecular formula is C14H30N2O2. The molecule has 0 aliphatic heterocycles. The summed E-state index contributed by atoms with van der Waals surface area (Å²) in [7, 11) is 1.69. The highest BCUT2D eigenvalue weighted by Crippen LogP contribution is 2.04. The molecule has 0 aromatic heterocycles. The molecule has 0 rings (SSSR count). The van der Waals surface area contributed by atoms with E-state index in [1.807, 2.05) is 13.8 Å². The molecule has 18 heavy (non-hydrogen) atoms. The zero-order valence-electron chi connectivity index (χ0n) is 12.7. The fourth-order valence-electron chi connectivity index (χ4n) is 1.88. The summed E-state index contributed by atoms with van der Waals surface area (Å²) in [5, 5.41) is 6.35. The summed E-state index contributed by atoms with van der Waals surface area (Å²) < 4.78 is 5.17. The van der Waals surface area contributed by atoms with Gasteiger partial charge in [0.2, 0.25) is 5.91 Å². The van der Waals surface area contributed by atoms with Crippen molar-refractivity contribution in [3.8, 4) is 0 Å². The number of carbonyl (C=O) groups excluding carboxylic acids is 1. The summed E-state index contributed by atoms with van der Waals surface area (Å²) in [5.41, 5.74) is 0. The smallest absolute Gasteiger partial charge is 0.237 e. The lowest BCUT2D eigenvalue weighted by Crippen LogP contribution is -2.51. The minimum atomic E-state index is -0.188. The molecule has 4 heteroatoms. The van der Waals surface area contributed by atoms with Crippen LogP contribution in [0, 0.1) is 5.92 Å². The fraction of sp³-hybridized carbons (Fsp3) is 0.929. The van der Waals surface area contributed by atoms with Gasteiger partial charge in [-0.05, 0) is 26.2 Å². The van der Waals surface area contributed by atoms with Crippen LogP contribution in [-0.2, 0) is 9.53 Å². The van der Waals surface area contributed by atoms with Crippen molar-refractivity contribution in [2.24, 2.45) is 5.92 Å². The molecular weight excluding hydrogens is 228 g/mol. The summed E-state index contributed by atoms with van der Waals surface area (Å²) in [6.07, 6.45) is 2.10. The van der Waals surface area contributed by atoms with Gasteiger partial charge in [-0.25, -0.2) is 0 Å². The molecule has 4 nitrogen and oxygen atoms in total. The molecule has 3 atom stereocenters. The first kappa shape index (κ1) is 17.4. The van der Waals surface area contributed by atoms with Crippen LogP contribution in [0.1, 0.15) is 47.5 Å². The third kappa shape index (κ3) is 6.97. The van der Waals surface area contributed by atoms with Gasteiger partial charge in [-0.1, -0.05) is 27.2 Å². The quantitative estimate of drug-likeness (QED) is 0.664. The van der Waals surface area contributed by atoms with Crippen LogP contribution < -0.4 is 10.6 Å². The highest BCUT2D eigenvalue weighted by atomic mass is 16.5. The molecule has 0 saturated heterocycles. The van der Waals surface area contributed by atoms with Gasteiger partial charge in [-0.15, -0.1) is 0 Å². The maximum Gasteiger partial charge on any atom is 0.237 e. The Hall–Kier alpha value is -0.610. The van der Waals surface area contributed by atoms with E-state index >= 15 is 0 Å². The van der Waals surface area contributed by atoms with E-state index in [2.05, 4.69) is 31.4 Å². The Morgan fingerprint density at radius 3 is 2.28 bits per heavy atom. The standard InChI is InChI=1S/C14H30N2O2/c1-7-8-11(4)15-14(17)12(5)16-13(9-18-6)10(2)3/h10-13,16H,7-9H2,1-6H3,(H,15,17). The zero-order valence-corrected chi connectivity index (χ0v) is 12.7. The van der Waals surface area contributed by atoms with Gasteiger partial charge in [0.25, 0.3) is 0 Å². The number of ether oxygens (including phenoxy) is 1. The van der Waals surface area contributed by atoms with E-state index in [9.17, 15) is 4.79 Å². The van der Waals surface area contributed by atoms with E-state index in [4.69, 9.17) is 4.74 Å². The topological polar surface area (TPSA) is 50.4 Å². The molecule has 1 amide bonds. The first-order chi connectivity index (χ1) is 8.42. The van der Waals surface area contributed by atoms with Gasteiger partial charge in [0.15, 0.2) is 0 Å². The number of hydrogen-bond donors (Lipinski definition) is 2. The number of nitrogens with one attached hydrogen (secondary N) is 2. The van der Waals surface area contributed by atoms with Crippen LogP contribution in [0.5, 0.6) is 0 Å². The molecule has 0 heterocycles. The normalized spacial score (nSPS) is 16.4. The molecule has 0 fully saturated rings. The van der Waals surface area contributed by atoms with E-state index in [0.29, 0.717) is 12.5 Å². The van der Waals surface area contributed by atoms with E-state index in [0.717, 1.165) is 12.8 Å². The largest absolute Gasteiger partial charge is 0.383 e. The molecule has 0 aromatic carbocycles. The summed E-state index contributed by atoms with van der Waals surface area (Å²) >= 11 is 0. The van der Waals surface area contributed by atoms with Crippen LogP contribution in [0.15, 0.2) is 0 Å². The lowest BCUT2D eigenvalue weighted by atomic mass is 10.0. The SMILES string of the molecule is CCCC(C)NC(=O)C(C)NC(COC)C(C)C. The molecule has 0 saturated carbocycles. The number of hydrogen-bond acceptors (Lipinski definition) is 3. The van der Waals surface area contributed by atoms with E-state index in [-0.39, 0.29) is 24.0 Å². The van der Waals surface area contributed by atoms with Crippen LogP contribution in [0.2, 0.25) is 0 Å². The Balaban J connectivity index is 4.19. The van der Waals surface area contributed by atoms with Crippen LogP contribution in [0.3, 0.4) is 0 Å². The van der Waals surface area contributed by atoms with Crippen LogP contribution >= 0.6 is 0 Å². The van der Waals surface area contributed by atoms with Gasteiger partial charge in [-0.2, -0.15) is 0 Å². The Kier molecular flexibility index (Phi) is 9.02. The molecule has 108 valence electrons. The van der Waals surface area contributed by atoms with Crippen molar-refractivity contribution in [3.63, 3.8) is 0 Å². The fourth-order valence-corrected chi connectivity index (χ4v) is 1.88. The predicted molar refractivity (Wildman–Crippen MR) is 75.6 cm³/mol. The van der Waals surface area contributed by atoms with Crippen molar-refractivity contribution in [2.75, 3.05) is 13.7 Å². The van der Waals surface area contributed by atoms with Gasteiger partial charge >= 0.3 is 0 Å². The highest BCUT2D eigenvalue weighted by molar-refractivity contribution is 5.81. The van der Waals surface area contributed by atoms with Crippen LogP contribution in [0.25, 0.3) is 0 Å². The van der Waals surface area contributed by atoms with Gasteiger partial charge in [-0.3, -0.25) is 4.79 Å². The van der Waals surface area contributed by atoms with Gasteiger partial charge in [0.05, 0.1) is 12.6 Å². The maximum absolute atomic E-state index is 12.0. The molecule has 0 aromatic rings. The molecule has 0 bridgehead atoms. The van der Waals surface area contributed by atoms with Crippen LogP contribution in [-0.4, -0.2) is 37.7 Å². The molecule has 0 radical (unpaired) electrons. The summed E-state index contributed by atoms with van der Waals surface area (Å²) in [6, 6.07) is 0.260. The monoisotopic (exact) mass is 258 g/mol. The van der Waals surface area contributed by atoms with Crippen LogP contribution in [0.4, 0.5) is 0 Å². The third-order valence-corrected chi connectivity index (χ3v) is 3.12. The van der Waals surface area contributed by atoms with Crippen molar-refractivity contribution >= 4 is 5.91 Å². The van der Waals surface area contributed by atoms with E-state index in [1.165, 1.54) is 0 Å². The molecule has 0 aliphatic rings. The van der Waals surface area contributed by atoms with Crippen molar-refractivity contribution in [2.45, 2.75) is 65.6 Å². The number of rotatable bonds is 9. The average molecular weight is 258 g/mol. The summed E-state index contributed by atoms with van der Waals surface area (Å²) in [6.45, 7) is 10.9. The maximum atomic E-state index is 12.0. The van der Waals surface area contributed by atoms with Gasteiger partial charge < -0.3 is 15.4 Å². The Labute approximate surface area is 112 Å². The van der Waals surface area contributed by atoms with Gasteiger partial charge in [0.1, 0.15) is 0 Å². The zero-order chi connectivity index (χ0) is 14.1. The predicted octanol–water partition coefficient (Wildman–Crippen LogP) is 1.94. The molecule has 3 unspecified atom stereocenters. The Morgan fingerprint density at radius 1 is 1.22 bits per heavy atom. The van der Waals surface area contributed by atoms with E-state index < -0.39 is 0 Å². The second-order valence-corrected chi connectivity index (χ2v) is 5.39. The summed E-state index contributed by atoms with van der Waals surface area (Å²) in [4.78, 5) is 12.0. The number of amides is 1. The Morgan fingerprint density at radius 2 is 1.83 bits per heavy atom. The molecule has 2 N–H and O–H groups in total. The number of carbonyl (C=O) groups is 1. The number of methoxy groups -OCH3 is 1. The second-order valence-electron chi connectivity index (χ2n) is 5.39.